The van der Waals surface area contributed by atoms with Crippen LogP contribution in [0.5, 0.6) is 0 Å². The van der Waals surface area contributed by atoms with Crippen molar-refractivity contribution in [3.63, 3.8) is 0 Å². The van der Waals surface area contributed by atoms with Crippen LogP contribution in [-0.2, 0) is 17.8 Å². The van der Waals surface area contributed by atoms with Crippen LogP contribution in [0.15, 0.2) is 88.6 Å². The molecule has 1 N–H and O–H groups in total. The van der Waals surface area contributed by atoms with Crippen molar-refractivity contribution in [1.29, 1.82) is 5.26 Å². The van der Waals surface area contributed by atoms with Gasteiger partial charge in [0.1, 0.15) is 0 Å². The molecule has 0 atom stereocenters. The maximum atomic E-state index is 12.2. The molecule has 0 bridgehead atoms. The van der Waals surface area contributed by atoms with Gasteiger partial charge in [-0.2, -0.15) is 10.4 Å². The molecule has 1 aromatic heterocycles. The van der Waals surface area contributed by atoms with Gasteiger partial charge in [-0.05, 0) is 41.5 Å². The van der Waals surface area contributed by atoms with E-state index in [1.54, 1.807) is 6.21 Å². The molecule has 0 aliphatic heterocycles. The lowest BCUT2D eigenvalue weighted by Gasteiger charge is -2.05. The molecular weight excluding hydrogens is 452 g/mol. The Morgan fingerprint density at radius 1 is 1.03 bits per heavy atom. The Balaban J connectivity index is 1.49. The van der Waals surface area contributed by atoms with E-state index in [-0.39, 0.29) is 12.3 Å². The molecule has 0 spiro atoms. The summed E-state index contributed by atoms with van der Waals surface area (Å²) in [6, 6.07) is 25.4. The molecule has 31 heavy (non-hydrogen) atoms. The Morgan fingerprint density at radius 2 is 1.74 bits per heavy atom. The zero-order chi connectivity index (χ0) is 21.6. The number of halogens is 1. The van der Waals surface area contributed by atoms with Crippen molar-refractivity contribution in [3.05, 3.63) is 106 Å². The van der Waals surface area contributed by atoms with Crippen molar-refractivity contribution in [1.82, 2.24) is 9.99 Å². The first kappa shape index (κ1) is 20.6. The van der Waals surface area contributed by atoms with Gasteiger partial charge in [0, 0.05) is 33.7 Å². The van der Waals surface area contributed by atoms with E-state index in [1.165, 1.54) is 0 Å². The number of hydrogen-bond donors (Lipinski definition) is 1. The summed E-state index contributed by atoms with van der Waals surface area (Å²) in [5.74, 6) is -0.167. The maximum absolute atomic E-state index is 12.2. The van der Waals surface area contributed by atoms with Crippen LogP contribution in [0.1, 0.15) is 22.3 Å². The molecular formula is C25H19BrN4O. The summed E-state index contributed by atoms with van der Waals surface area (Å²) in [7, 11) is 0. The largest absolute Gasteiger partial charge is 0.342 e. The average molecular weight is 471 g/mol. The number of hydrazone groups is 1. The number of nitrogens with one attached hydrogen (secondary N) is 1. The highest BCUT2D eigenvalue weighted by Crippen LogP contribution is 2.21. The van der Waals surface area contributed by atoms with Crippen molar-refractivity contribution >= 4 is 39.0 Å². The van der Waals surface area contributed by atoms with Gasteiger partial charge in [0.15, 0.2) is 0 Å². The minimum Gasteiger partial charge on any atom is -0.342 e. The number of fused-ring (bicyclic) bond motifs is 1. The number of para-hydroxylation sites is 1. The number of nitrogens with zero attached hydrogens (tertiary/aromatic N) is 3. The lowest BCUT2D eigenvalue weighted by Crippen LogP contribution is -2.19. The van der Waals surface area contributed by atoms with E-state index in [0.717, 1.165) is 32.1 Å². The smallest absolute Gasteiger partial charge is 0.244 e. The molecule has 1 heterocycles. The first-order valence-electron chi connectivity index (χ1n) is 9.75. The number of aromatic nitrogens is 1. The second kappa shape index (κ2) is 9.41. The van der Waals surface area contributed by atoms with Crippen LogP contribution in [0, 0.1) is 11.3 Å². The van der Waals surface area contributed by atoms with Crippen molar-refractivity contribution in [2.75, 3.05) is 0 Å². The summed E-state index contributed by atoms with van der Waals surface area (Å²) in [5.41, 5.74) is 7.29. The molecule has 4 rings (SSSR count). The summed E-state index contributed by atoms with van der Waals surface area (Å²) >= 11 is 3.39. The standard InChI is InChI=1S/C25H19BrN4O/c26-22-11-9-18(10-12-22)13-25(31)29-28-15-21-17-30(24-4-2-1-3-23(21)24)16-20-7-5-19(14-27)6-8-20/h1-12,15,17H,13,16H2,(H,29,31)/b28-15+. The number of benzene rings is 3. The highest BCUT2D eigenvalue weighted by Gasteiger charge is 2.08. The van der Waals surface area contributed by atoms with Crippen LogP contribution in [0.3, 0.4) is 0 Å². The SMILES string of the molecule is N#Cc1ccc(Cn2cc(/C=N/NC(=O)Cc3ccc(Br)cc3)c3ccccc32)cc1. The molecule has 1 amide bonds. The maximum Gasteiger partial charge on any atom is 0.244 e. The van der Waals surface area contributed by atoms with Gasteiger partial charge in [0.2, 0.25) is 5.91 Å². The van der Waals surface area contributed by atoms with Crippen molar-refractivity contribution in [2.45, 2.75) is 13.0 Å². The van der Waals surface area contributed by atoms with Gasteiger partial charge in [0.05, 0.1) is 24.3 Å². The third-order valence-electron chi connectivity index (χ3n) is 4.93. The number of carbonyl (C=O) groups is 1. The van der Waals surface area contributed by atoms with Crippen LogP contribution in [0.2, 0.25) is 0 Å². The summed E-state index contributed by atoms with van der Waals surface area (Å²) in [6.07, 6.45) is 3.97. The van der Waals surface area contributed by atoms with Crippen LogP contribution >= 0.6 is 15.9 Å². The van der Waals surface area contributed by atoms with Gasteiger partial charge in [-0.25, -0.2) is 5.43 Å². The molecule has 3 aromatic carbocycles. The molecule has 0 radical (unpaired) electrons. The Bertz CT molecular complexity index is 1280. The Morgan fingerprint density at radius 3 is 2.48 bits per heavy atom. The summed E-state index contributed by atoms with van der Waals surface area (Å²) in [4.78, 5) is 12.2. The van der Waals surface area contributed by atoms with E-state index in [4.69, 9.17) is 5.26 Å². The zero-order valence-electron chi connectivity index (χ0n) is 16.6. The summed E-state index contributed by atoms with van der Waals surface area (Å²) < 4.78 is 3.12. The van der Waals surface area contributed by atoms with Crippen molar-refractivity contribution < 1.29 is 4.79 Å². The minimum atomic E-state index is -0.167. The second-order valence-corrected chi connectivity index (χ2v) is 8.05. The average Bonchev–Trinajstić information content (AvgIpc) is 3.13. The van der Waals surface area contributed by atoms with E-state index < -0.39 is 0 Å². The molecule has 0 saturated heterocycles. The fraction of sp³-hybridized carbons (Fsp3) is 0.0800. The molecule has 4 aromatic rings. The quantitative estimate of drug-likeness (QED) is 0.317. The topological polar surface area (TPSA) is 70.2 Å². The van der Waals surface area contributed by atoms with Crippen molar-refractivity contribution in [3.8, 4) is 6.07 Å². The molecule has 0 unspecified atom stereocenters. The Hall–Kier alpha value is -3.69. The fourth-order valence-electron chi connectivity index (χ4n) is 3.39. The predicted octanol–water partition coefficient (Wildman–Crippen LogP) is 5.02. The molecule has 0 aliphatic carbocycles. The van der Waals surface area contributed by atoms with E-state index in [2.05, 4.69) is 43.2 Å². The minimum absolute atomic E-state index is 0.167. The lowest BCUT2D eigenvalue weighted by molar-refractivity contribution is -0.120. The molecule has 0 fully saturated rings. The van der Waals surface area contributed by atoms with E-state index in [1.807, 2.05) is 72.9 Å². The number of rotatable bonds is 6. The number of nitriles is 1. The van der Waals surface area contributed by atoms with Crippen molar-refractivity contribution in [2.24, 2.45) is 5.10 Å². The van der Waals surface area contributed by atoms with Gasteiger partial charge < -0.3 is 4.57 Å². The van der Waals surface area contributed by atoms with Crippen LogP contribution in [0.25, 0.3) is 10.9 Å². The van der Waals surface area contributed by atoms with Gasteiger partial charge in [-0.1, -0.05) is 58.4 Å². The summed E-state index contributed by atoms with van der Waals surface area (Å²) in [6.45, 7) is 0.677. The highest BCUT2D eigenvalue weighted by atomic mass is 79.9. The summed E-state index contributed by atoms with van der Waals surface area (Å²) in [5, 5.41) is 14.2. The van der Waals surface area contributed by atoms with E-state index in [0.29, 0.717) is 12.1 Å². The monoisotopic (exact) mass is 470 g/mol. The highest BCUT2D eigenvalue weighted by molar-refractivity contribution is 9.10. The first-order valence-corrected chi connectivity index (χ1v) is 10.5. The van der Waals surface area contributed by atoms with Gasteiger partial charge >= 0.3 is 0 Å². The number of carbonyl (C=O) groups excluding carboxylic acids is 1. The van der Waals surface area contributed by atoms with Crippen LogP contribution < -0.4 is 5.43 Å². The second-order valence-electron chi connectivity index (χ2n) is 7.13. The van der Waals surface area contributed by atoms with Gasteiger partial charge in [-0.15, -0.1) is 0 Å². The number of hydrogen-bond acceptors (Lipinski definition) is 3. The van der Waals surface area contributed by atoms with Crippen LogP contribution in [0.4, 0.5) is 0 Å². The van der Waals surface area contributed by atoms with E-state index in [9.17, 15) is 4.79 Å². The lowest BCUT2D eigenvalue weighted by atomic mass is 10.1. The Labute approximate surface area is 188 Å². The molecule has 6 heteroatoms. The zero-order valence-corrected chi connectivity index (χ0v) is 18.2. The van der Waals surface area contributed by atoms with Gasteiger partial charge in [-0.3, -0.25) is 4.79 Å². The van der Waals surface area contributed by atoms with Gasteiger partial charge in [0.25, 0.3) is 0 Å². The molecule has 5 nitrogen and oxygen atoms in total. The molecule has 0 saturated carbocycles. The normalized spacial score (nSPS) is 11.0. The fourth-order valence-corrected chi connectivity index (χ4v) is 3.66. The van der Waals surface area contributed by atoms with E-state index >= 15 is 0 Å². The Kier molecular flexibility index (Phi) is 6.25. The predicted molar refractivity (Wildman–Crippen MR) is 126 cm³/mol. The molecule has 152 valence electrons. The first-order chi connectivity index (χ1) is 15.1. The number of amides is 1. The third kappa shape index (κ3) is 5.08. The van der Waals surface area contributed by atoms with Crippen LogP contribution in [-0.4, -0.2) is 16.7 Å². The third-order valence-corrected chi connectivity index (χ3v) is 5.45. The molecule has 0 aliphatic rings.